The molecular formula is C20H24FN3O. The van der Waals surface area contributed by atoms with Gasteiger partial charge in [0.15, 0.2) is 0 Å². The molecule has 1 unspecified atom stereocenters. The fourth-order valence-electron chi connectivity index (χ4n) is 3.37. The molecule has 0 aliphatic carbocycles. The molecule has 1 heterocycles. The maximum absolute atomic E-state index is 13.7. The quantitative estimate of drug-likeness (QED) is 0.877. The topological polar surface area (TPSA) is 58.4 Å². The van der Waals surface area contributed by atoms with Crippen LogP contribution in [0.1, 0.15) is 24.0 Å². The van der Waals surface area contributed by atoms with Crippen molar-refractivity contribution >= 4 is 5.91 Å². The normalized spacial score (nSPS) is 21.9. The second kappa shape index (κ2) is 7.76. The largest absolute Gasteiger partial charge is 0.351 e. The molecule has 1 aliphatic heterocycles. The van der Waals surface area contributed by atoms with E-state index in [-0.39, 0.29) is 36.3 Å². The van der Waals surface area contributed by atoms with E-state index in [0.29, 0.717) is 12.1 Å². The van der Waals surface area contributed by atoms with Crippen LogP contribution in [0.15, 0.2) is 54.6 Å². The minimum Gasteiger partial charge on any atom is -0.351 e. The number of nitrogens with two attached hydrogens (primary N) is 1. The van der Waals surface area contributed by atoms with Gasteiger partial charge < -0.3 is 11.1 Å². The van der Waals surface area contributed by atoms with Crippen molar-refractivity contribution in [2.45, 2.75) is 31.5 Å². The SMILES string of the molecule is CC(C(=O)NCc1ccccc1F)N1C[C@@H](N)[C@H](c2ccccc2)C1. The standard InChI is InChI=1S/C20H24FN3O/c1-14(20(25)23-11-16-9-5-6-10-18(16)21)24-12-17(19(22)13-24)15-7-3-2-4-8-15/h2-10,14,17,19H,11-13,22H2,1H3,(H,23,25)/t14?,17-,19+/m0/s1. The molecule has 132 valence electrons. The van der Waals surface area contributed by atoms with Crippen LogP contribution in [-0.2, 0) is 11.3 Å². The Morgan fingerprint density at radius 3 is 2.60 bits per heavy atom. The number of carbonyl (C=O) groups is 1. The highest BCUT2D eigenvalue weighted by Crippen LogP contribution is 2.27. The number of likely N-dealkylation sites (tertiary alicyclic amines) is 1. The lowest BCUT2D eigenvalue weighted by molar-refractivity contribution is -0.125. The number of benzene rings is 2. The second-order valence-corrected chi connectivity index (χ2v) is 6.62. The first-order valence-corrected chi connectivity index (χ1v) is 8.62. The molecule has 1 aliphatic rings. The molecule has 3 atom stereocenters. The number of hydrogen-bond acceptors (Lipinski definition) is 3. The van der Waals surface area contributed by atoms with Crippen molar-refractivity contribution in [3.8, 4) is 0 Å². The summed E-state index contributed by atoms with van der Waals surface area (Å²) in [6, 6.07) is 16.3. The van der Waals surface area contributed by atoms with Crippen molar-refractivity contribution in [1.29, 1.82) is 0 Å². The van der Waals surface area contributed by atoms with Gasteiger partial charge >= 0.3 is 0 Å². The molecule has 0 saturated carbocycles. The summed E-state index contributed by atoms with van der Waals surface area (Å²) >= 11 is 0. The zero-order valence-electron chi connectivity index (χ0n) is 14.4. The minimum atomic E-state index is -0.303. The molecule has 3 rings (SSSR count). The van der Waals surface area contributed by atoms with Gasteiger partial charge in [0.05, 0.1) is 6.04 Å². The summed E-state index contributed by atoms with van der Waals surface area (Å²) in [6.07, 6.45) is 0. The Hall–Kier alpha value is -2.24. The summed E-state index contributed by atoms with van der Waals surface area (Å²) in [5.41, 5.74) is 8.00. The summed E-state index contributed by atoms with van der Waals surface area (Å²) in [6.45, 7) is 3.49. The van der Waals surface area contributed by atoms with E-state index in [1.54, 1.807) is 18.2 Å². The van der Waals surface area contributed by atoms with Crippen LogP contribution in [0.4, 0.5) is 4.39 Å². The Bertz CT molecular complexity index is 722. The summed E-state index contributed by atoms with van der Waals surface area (Å²) in [4.78, 5) is 14.5. The van der Waals surface area contributed by atoms with E-state index < -0.39 is 0 Å². The molecule has 3 N–H and O–H groups in total. The number of nitrogens with one attached hydrogen (secondary N) is 1. The van der Waals surface area contributed by atoms with E-state index in [4.69, 9.17) is 5.73 Å². The second-order valence-electron chi connectivity index (χ2n) is 6.62. The first kappa shape index (κ1) is 17.6. The zero-order chi connectivity index (χ0) is 17.8. The highest BCUT2D eigenvalue weighted by Gasteiger charge is 2.35. The molecule has 2 aromatic rings. The van der Waals surface area contributed by atoms with Crippen LogP contribution in [0.25, 0.3) is 0 Å². The summed E-state index contributed by atoms with van der Waals surface area (Å²) in [7, 11) is 0. The fraction of sp³-hybridized carbons (Fsp3) is 0.350. The van der Waals surface area contributed by atoms with Crippen molar-refractivity contribution in [2.75, 3.05) is 13.1 Å². The Labute approximate surface area is 147 Å². The number of carbonyl (C=O) groups excluding carboxylic acids is 1. The zero-order valence-corrected chi connectivity index (χ0v) is 14.4. The molecule has 1 saturated heterocycles. The number of rotatable bonds is 5. The third-order valence-corrected chi connectivity index (χ3v) is 4.96. The van der Waals surface area contributed by atoms with Crippen molar-refractivity contribution in [1.82, 2.24) is 10.2 Å². The van der Waals surface area contributed by atoms with E-state index in [2.05, 4.69) is 22.3 Å². The molecule has 0 spiro atoms. The van der Waals surface area contributed by atoms with E-state index in [1.807, 2.05) is 25.1 Å². The van der Waals surface area contributed by atoms with Crippen LogP contribution in [-0.4, -0.2) is 36.0 Å². The van der Waals surface area contributed by atoms with Gasteiger partial charge in [0, 0.05) is 37.2 Å². The summed E-state index contributed by atoms with van der Waals surface area (Å²) in [5, 5.41) is 2.82. The van der Waals surface area contributed by atoms with Gasteiger partial charge in [-0.3, -0.25) is 9.69 Å². The van der Waals surface area contributed by atoms with Gasteiger partial charge in [0.2, 0.25) is 5.91 Å². The highest BCUT2D eigenvalue weighted by molar-refractivity contribution is 5.81. The average molecular weight is 341 g/mol. The van der Waals surface area contributed by atoms with Crippen LogP contribution >= 0.6 is 0 Å². The first-order valence-electron chi connectivity index (χ1n) is 8.62. The van der Waals surface area contributed by atoms with Gasteiger partial charge in [0.1, 0.15) is 5.82 Å². The van der Waals surface area contributed by atoms with E-state index >= 15 is 0 Å². The molecule has 25 heavy (non-hydrogen) atoms. The lowest BCUT2D eigenvalue weighted by atomic mass is 9.95. The molecule has 1 amide bonds. The van der Waals surface area contributed by atoms with Gasteiger partial charge in [-0.15, -0.1) is 0 Å². The Morgan fingerprint density at radius 1 is 1.20 bits per heavy atom. The number of amides is 1. The number of halogens is 1. The smallest absolute Gasteiger partial charge is 0.237 e. The Balaban J connectivity index is 1.58. The Kier molecular flexibility index (Phi) is 5.46. The van der Waals surface area contributed by atoms with Crippen molar-refractivity contribution in [3.63, 3.8) is 0 Å². The molecular weight excluding hydrogens is 317 g/mol. The average Bonchev–Trinajstić information content (AvgIpc) is 3.02. The van der Waals surface area contributed by atoms with Gasteiger partial charge in [0.25, 0.3) is 0 Å². The highest BCUT2D eigenvalue weighted by atomic mass is 19.1. The molecule has 4 nitrogen and oxygen atoms in total. The number of hydrogen-bond donors (Lipinski definition) is 2. The van der Waals surface area contributed by atoms with Crippen molar-refractivity contribution in [2.24, 2.45) is 5.73 Å². The maximum atomic E-state index is 13.7. The van der Waals surface area contributed by atoms with Gasteiger partial charge in [-0.25, -0.2) is 4.39 Å². The van der Waals surface area contributed by atoms with E-state index in [9.17, 15) is 9.18 Å². The van der Waals surface area contributed by atoms with E-state index in [0.717, 1.165) is 6.54 Å². The number of nitrogens with zero attached hydrogens (tertiary/aromatic N) is 1. The maximum Gasteiger partial charge on any atom is 0.237 e. The molecule has 2 aromatic carbocycles. The molecule has 1 fully saturated rings. The van der Waals surface area contributed by atoms with Gasteiger partial charge in [-0.1, -0.05) is 48.5 Å². The predicted molar refractivity (Wildman–Crippen MR) is 96.4 cm³/mol. The third-order valence-electron chi connectivity index (χ3n) is 4.96. The lowest BCUT2D eigenvalue weighted by Crippen LogP contribution is -2.44. The molecule has 0 radical (unpaired) electrons. The fourth-order valence-corrected chi connectivity index (χ4v) is 3.37. The monoisotopic (exact) mass is 341 g/mol. The van der Waals surface area contributed by atoms with Gasteiger partial charge in [-0.2, -0.15) is 0 Å². The predicted octanol–water partition coefficient (Wildman–Crippen LogP) is 2.26. The van der Waals surface area contributed by atoms with Crippen LogP contribution in [0.3, 0.4) is 0 Å². The molecule has 0 aromatic heterocycles. The first-order chi connectivity index (χ1) is 12.1. The minimum absolute atomic E-state index is 0.00391. The summed E-state index contributed by atoms with van der Waals surface area (Å²) in [5.74, 6) is -0.185. The van der Waals surface area contributed by atoms with Crippen molar-refractivity contribution < 1.29 is 9.18 Å². The molecule has 5 heteroatoms. The van der Waals surface area contributed by atoms with Crippen LogP contribution in [0.5, 0.6) is 0 Å². The lowest BCUT2D eigenvalue weighted by Gasteiger charge is -2.23. The Morgan fingerprint density at radius 2 is 1.88 bits per heavy atom. The molecule has 0 bridgehead atoms. The van der Waals surface area contributed by atoms with Crippen LogP contribution in [0, 0.1) is 5.82 Å². The third kappa shape index (κ3) is 4.06. The van der Waals surface area contributed by atoms with Crippen molar-refractivity contribution in [3.05, 3.63) is 71.5 Å². The van der Waals surface area contributed by atoms with Gasteiger partial charge in [-0.05, 0) is 18.6 Å². The summed E-state index contributed by atoms with van der Waals surface area (Å²) < 4.78 is 13.7. The van der Waals surface area contributed by atoms with E-state index in [1.165, 1.54) is 11.6 Å². The van der Waals surface area contributed by atoms with Crippen LogP contribution in [0.2, 0.25) is 0 Å². The van der Waals surface area contributed by atoms with Crippen LogP contribution < -0.4 is 11.1 Å².